The van der Waals surface area contributed by atoms with E-state index in [4.69, 9.17) is 0 Å². The molecule has 2 aromatic heterocycles. The van der Waals surface area contributed by atoms with E-state index < -0.39 is 16.5 Å². The Bertz CT molecular complexity index is 1210. The molecule has 0 aliphatic heterocycles. The SMILES string of the molecule is CS(=O)(=O)c1ccc(-c2c(-c3ccccc3)nn3ccc(CF)cc23)cc1. The van der Waals surface area contributed by atoms with Crippen LogP contribution in [-0.2, 0) is 16.5 Å². The number of benzene rings is 2. The molecule has 0 amide bonds. The minimum absolute atomic E-state index is 0.258. The monoisotopic (exact) mass is 380 g/mol. The maximum atomic E-state index is 13.2. The fourth-order valence-electron chi connectivity index (χ4n) is 3.12. The molecule has 4 nitrogen and oxygen atoms in total. The van der Waals surface area contributed by atoms with Crippen LogP contribution in [0.5, 0.6) is 0 Å². The number of rotatable bonds is 4. The second kappa shape index (κ2) is 6.63. The smallest absolute Gasteiger partial charge is 0.175 e. The van der Waals surface area contributed by atoms with Crippen molar-refractivity contribution in [3.63, 3.8) is 0 Å². The molecule has 0 aliphatic rings. The lowest BCUT2D eigenvalue weighted by molar-refractivity contribution is 0.485. The van der Waals surface area contributed by atoms with Gasteiger partial charge >= 0.3 is 0 Å². The molecule has 0 saturated heterocycles. The highest BCUT2D eigenvalue weighted by molar-refractivity contribution is 7.90. The largest absolute Gasteiger partial charge is 0.246 e. The summed E-state index contributed by atoms with van der Waals surface area (Å²) < 4.78 is 38.4. The van der Waals surface area contributed by atoms with Crippen LogP contribution >= 0.6 is 0 Å². The predicted octanol–water partition coefficient (Wildman–Crippen LogP) is 4.54. The van der Waals surface area contributed by atoms with Crippen molar-refractivity contribution in [3.8, 4) is 22.4 Å². The number of hydrogen-bond acceptors (Lipinski definition) is 3. The van der Waals surface area contributed by atoms with Crippen LogP contribution in [0, 0.1) is 0 Å². The van der Waals surface area contributed by atoms with Gasteiger partial charge in [-0.3, -0.25) is 0 Å². The van der Waals surface area contributed by atoms with E-state index >= 15 is 0 Å². The van der Waals surface area contributed by atoms with Crippen molar-refractivity contribution in [3.05, 3.63) is 78.5 Å². The van der Waals surface area contributed by atoms with Gasteiger partial charge in [-0.15, -0.1) is 0 Å². The predicted molar refractivity (Wildman–Crippen MR) is 104 cm³/mol. The molecule has 2 heterocycles. The van der Waals surface area contributed by atoms with E-state index in [1.165, 1.54) is 6.26 Å². The Kier molecular flexibility index (Phi) is 4.28. The van der Waals surface area contributed by atoms with Crippen LogP contribution in [0.15, 0.2) is 77.8 Å². The zero-order valence-electron chi connectivity index (χ0n) is 14.6. The third-order valence-electron chi connectivity index (χ3n) is 4.47. The summed E-state index contributed by atoms with van der Waals surface area (Å²) in [4.78, 5) is 0.258. The van der Waals surface area contributed by atoms with Crippen molar-refractivity contribution in [2.75, 3.05) is 6.26 Å². The average Bonchev–Trinajstić information content (AvgIpc) is 3.06. The first-order valence-electron chi connectivity index (χ1n) is 8.40. The number of hydrogen-bond donors (Lipinski definition) is 0. The van der Waals surface area contributed by atoms with Gasteiger partial charge in [0.05, 0.1) is 10.4 Å². The van der Waals surface area contributed by atoms with Crippen LogP contribution < -0.4 is 0 Å². The molecule has 0 N–H and O–H groups in total. The van der Waals surface area contributed by atoms with Crippen LogP contribution in [0.25, 0.3) is 27.9 Å². The van der Waals surface area contributed by atoms with E-state index in [0.29, 0.717) is 5.56 Å². The van der Waals surface area contributed by atoms with Crippen molar-refractivity contribution in [1.82, 2.24) is 9.61 Å². The molecule has 0 unspecified atom stereocenters. The first-order valence-corrected chi connectivity index (χ1v) is 10.3. The second-order valence-corrected chi connectivity index (χ2v) is 8.40. The van der Waals surface area contributed by atoms with Crippen LogP contribution in [0.2, 0.25) is 0 Å². The van der Waals surface area contributed by atoms with Gasteiger partial charge in [-0.05, 0) is 35.4 Å². The molecule has 136 valence electrons. The van der Waals surface area contributed by atoms with E-state index in [1.807, 2.05) is 30.3 Å². The summed E-state index contributed by atoms with van der Waals surface area (Å²) in [5.74, 6) is 0. The van der Waals surface area contributed by atoms with Crippen LogP contribution in [-0.4, -0.2) is 24.3 Å². The molecule has 4 aromatic rings. The van der Waals surface area contributed by atoms with Gasteiger partial charge in [0.25, 0.3) is 0 Å². The highest BCUT2D eigenvalue weighted by Gasteiger charge is 2.17. The van der Waals surface area contributed by atoms with Gasteiger partial charge < -0.3 is 0 Å². The first kappa shape index (κ1) is 17.4. The first-order chi connectivity index (χ1) is 13.0. The molecule has 0 atom stereocenters. The van der Waals surface area contributed by atoms with E-state index in [1.54, 1.807) is 47.1 Å². The third-order valence-corrected chi connectivity index (χ3v) is 5.60. The summed E-state index contributed by atoms with van der Waals surface area (Å²) >= 11 is 0. The van der Waals surface area contributed by atoms with Gasteiger partial charge in [0.2, 0.25) is 0 Å². The summed E-state index contributed by atoms with van der Waals surface area (Å²) in [6.07, 6.45) is 2.92. The van der Waals surface area contributed by atoms with E-state index in [0.717, 1.165) is 27.9 Å². The van der Waals surface area contributed by atoms with E-state index in [-0.39, 0.29) is 4.90 Å². The second-order valence-electron chi connectivity index (χ2n) is 6.38. The van der Waals surface area contributed by atoms with Gasteiger partial charge in [0.1, 0.15) is 12.4 Å². The van der Waals surface area contributed by atoms with Crippen molar-refractivity contribution < 1.29 is 12.8 Å². The fraction of sp³-hybridized carbons (Fsp3) is 0.0952. The Balaban J connectivity index is 1.99. The Labute approximate surface area is 156 Å². The Hall–Kier alpha value is -2.99. The average molecular weight is 380 g/mol. The molecular weight excluding hydrogens is 363 g/mol. The molecule has 0 spiro atoms. The van der Waals surface area contributed by atoms with Gasteiger partial charge in [0, 0.05) is 23.6 Å². The van der Waals surface area contributed by atoms with Gasteiger partial charge in [-0.2, -0.15) is 5.10 Å². The molecule has 0 fully saturated rings. The zero-order valence-corrected chi connectivity index (χ0v) is 15.4. The lowest BCUT2D eigenvalue weighted by Gasteiger charge is -2.06. The molecule has 4 rings (SSSR count). The number of aromatic nitrogens is 2. The topological polar surface area (TPSA) is 51.4 Å². The van der Waals surface area contributed by atoms with Crippen molar-refractivity contribution in [2.45, 2.75) is 11.6 Å². The summed E-state index contributed by atoms with van der Waals surface area (Å²) in [6.45, 7) is -0.561. The number of alkyl halides is 1. The summed E-state index contributed by atoms with van der Waals surface area (Å²) in [7, 11) is -3.27. The molecule has 0 aliphatic carbocycles. The Morgan fingerprint density at radius 3 is 2.30 bits per heavy atom. The minimum atomic E-state index is -3.27. The number of pyridine rings is 1. The zero-order chi connectivity index (χ0) is 19.0. The van der Waals surface area contributed by atoms with E-state index in [2.05, 4.69) is 5.10 Å². The Morgan fingerprint density at radius 2 is 1.67 bits per heavy atom. The number of halogens is 1. The van der Waals surface area contributed by atoms with Gasteiger partial charge in [0.15, 0.2) is 9.84 Å². The lowest BCUT2D eigenvalue weighted by atomic mass is 9.99. The third kappa shape index (κ3) is 3.24. The standard InChI is InChI=1S/C21H17FN2O2S/c1-27(25,26)18-9-7-16(8-10-18)20-19-13-15(14-22)11-12-24(19)23-21(20)17-5-3-2-4-6-17/h2-13H,14H2,1H3. The molecular formula is C21H17FN2O2S. The van der Waals surface area contributed by atoms with Gasteiger partial charge in [-0.25, -0.2) is 17.3 Å². The summed E-state index contributed by atoms with van der Waals surface area (Å²) in [5, 5.41) is 4.68. The molecule has 0 saturated carbocycles. The molecule has 6 heteroatoms. The van der Waals surface area contributed by atoms with Crippen LogP contribution in [0.1, 0.15) is 5.56 Å². The summed E-state index contributed by atoms with van der Waals surface area (Å²) in [6, 6.07) is 19.9. The van der Waals surface area contributed by atoms with E-state index in [9.17, 15) is 12.8 Å². The van der Waals surface area contributed by atoms with Crippen LogP contribution in [0.4, 0.5) is 4.39 Å². The molecule has 2 aromatic carbocycles. The lowest BCUT2D eigenvalue weighted by Crippen LogP contribution is -1.96. The van der Waals surface area contributed by atoms with Crippen molar-refractivity contribution >= 4 is 15.4 Å². The number of sulfone groups is 1. The molecule has 27 heavy (non-hydrogen) atoms. The number of nitrogens with zero attached hydrogens (tertiary/aromatic N) is 2. The number of fused-ring (bicyclic) bond motifs is 1. The summed E-state index contributed by atoms with van der Waals surface area (Å²) in [5.41, 5.74) is 4.71. The highest BCUT2D eigenvalue weighted by atomic mass is 32.2. The quantitative estimate of drug-likeness (QED) is 0.522. The van der Waals surface area contributed by atoms with Crippen molar-refractivity contribution in [1.29, 1.82) is 0 Å². The normalized spacial score (nSPS) is 11.8. The molecule has 0 radical (unpaired) electrons. The maximum Gasteiger partial charge on any atom is 0.175 e. The molecule has 0 bridgehead atoms. The van der Waals surface area contributed by atoms with Gasteiger partial charge in [-0.1, -0.05) is 42.5 Å². The Morgan fingerprint density at radius 1 is 0.963 bits per heavy atom. The maximum absolute atomic E-state index is 13.2. The fourth-order valence-corrected chi connectivity index (χ4v) is 3.75. The van der Waals surface area contributed by atoms with Crippen LogP contribution in [0.3, 0.4) is 0 Å². The van der Waals surface area contributed by atoms with Crippen molar-refractivity contribution in [2.24, 2.45) is 0 Å². The minimum Gasteiger partial charge on any atom is -0.246 e. The highest BCUT2D eigenvalue weighted by Crippen LogP contribution is 2.35.